The molecule has 2 heterocycles. The maximum Gasteiger partial charge on any atom is 0.0521 e. The second kappa shape index (κ2) is 7.23. The fraction of sp³-hybridized carbons (Fsp3) is 0.812. The van der Waals surface area contributed by atoms with Gasteiger partial charge in [-0.1, -0.05) is 13.8 Å². The first-order valence-electron chi connectivity index (χ1n) is 7.93. The molecule has 1 fully saturated rings. The molecule has 1 aromatic heterocycles. The first-order chi connectivity index (χ1) is 9.63. The summed E-state index contributed by atoms with van der Waals surface area (Å²) in [6.45, 7) is 11.6. The molecule has 114 valence electrons. The van der Waals surface area contributed by atoms with Gasteiger partial charge in [0, 0.05) is 32.5 Å². The van der Waals surface area contributed by atoms with Gasteiger partial charge in [-0.25, -0.2) is 0 Å². The summed E-state index contributed by atoms with van der Waals surface area (Å²) < 4.78 is 7.59. The zero-order valence-corrected chi connectivity index (χ0v) is 13.2. The lowest BCUT2D eigenvalue weighted by Crippen LogP contribution is -2.41. The van der Waals surface area contributed by atoms with Crippen molar-refractivity contribution in [2.75, 3.05) is 26.3 Å². The van der Waals surface area contributed by atoms with Gasteiger partial charge in [0.2, 0.25) is 0 Å². The lowest BCUT2D eigenvalue weighted by atomic mass is 9.75. The molecule has 0 amide bonds. The van der Waals surface area contributed by atoms with Gasteiger partial charge in [-0.05, 0) is 49.6 Å². The van der Waals surface area contributed by atoms with Crippen molar-refractivity contribution in [3.63, 3.8) is 0 Å². The highest BCUT2D eigenvalue weighted by Crippen LogP contribution is 2.33. The molecule has 0 radical (unpaired) electrons. The van der Waals surface area contributed by atoms with Gasteiger partial charge >= 0.3 is 0 Å². The van der Waals surface area contributed by atoms with E-state index in [0.717, 1.165) is 52.1 Å². The Labute approximate surface area is 122 Å². The van der Waals surface area contributed by atoms with Crippen LogP contribution in [-0.2, 0) is 17.7 Å². The Morgan fingerprint density at radius 3 is 2.75 bits per heavy atom. The molecule has 4 heteroatoms. The van der Waals surface area contributed by atoms with Gasteiger partial charge in [0.1, 0.15) is 0 Å². The van der Waals surface area contributed by atoms with Crippen LogP contribution in [0.25, 0.3) is 0 Å². The normalized spacial score (nSPS) is 18.6. The first-order valence-corrected chi connectivity index (χ1v) is 7.93. The Balaban J connectivity index is 1.98. The van der Waals surface area contributed by atoms with Crippen LogP contribution in [0.15, 0.2) is 12.4 Å². The molecule has 0 spiro atoms. The maximum atomic E-state index is 5.57. The molecule has 0 aliphatic carbocycles. The van der Waals surface area contributed by atoms with Crippen molar-refractivity contribution < 1.29 is 4.74 Å². The summed E-state index contributed by atoms with van der Waals surface area (Å²) in [5.41, 5.74) is 1.70. The van der Waals surface area contributed by atoms with Crippen molar-refractivity contribution in [1.29, 1.82) is 0 Å². The Bertz CT molecular complexity index is 394. The fourth-order valence-corrected chi connectivity index (χ4v) is 2.95. The molecule has 0 atom stereocenters. The summed E-state index contributed by atoms with van der Waals surface area (Å²) in [7, 11) is 0. The van der Waals surface area contributed by atoms with Crippen LogP contribution in [0.4, 0.5) is 0 Å². The van der Waals surface area contributed by atoms with Crippen LogP contribution in [-0.4, -0.2) is 36.1 Å². The monoisotopic (exact) mass is 279 g/mol. The molecule has 1 aromatic rings. The van der Waals surface area contributed by atoms with Gasteiger partial charge in [0.25, 0.3) is 0 Å². The van der Waals surface area contributed by atoms with Crippen molar-refractivity contribution in [1.82, 2.24) is 15.1 Å². The van der Waals surface area contributed by atoms with E-state index in [-0.39, 0.29) is 0 Å². The standard InChI is InChI=1S/C16H29N3O/c1-4-19-12-15(11-18-19)9-16(5-7-20-8-6-16)13-17-10-14(2)3/h11-12,14,17H,4-10,13H2,1-3H3. The highest BCUT2D eigenvalue weighted by molar-refractivity contribution is 5.08. The third-order valence-corrected chi connectivity index (χ3v) is 4.20. The van der Waals surface area contributed by atoms with Crippen molar-refractivity contribution in [2.45, 2.75) is 46.6 Å². The quantitative estimate of drug-likeness (QED) is 0.833. The van der Waals surface area contributed by atoms with Crippen LogP contribution >= 0.6 is 0 Å². The molecular weight excluding hydrogens is 250 g/mol. The number of aryl methyl sites for hydroxylation is 1. The van der Waals surface area contributed by atoms with E-state index in [1.807, 2.05) is 10.9 Å². The van der Waals surface area contributed by atoms with Gasteiger partial charge in [0.15, 0.2) is 0 Å². The number of aromatic nitrogens is 2. The average Bonchev–Trinajstić information content (AvgIpc) is 2.86. The number of rotatable bonds is 7. The summed E-state index contributed by atoms with van der Waals surface area (Å²) in [6, 6.07) is 0. The molecular formula is C16H29N3O. The third kappa shape index (κ3) is 4.32. The average molecular weight is 279 g/mol. The molecule has 1 saturated heterocycles. The number of ether oxygens (including phenoxy) is 1. The van der Waals surface area contributed by atoms with E-state index in [9.17, 15) is 0 Å². The number of nitrogens with zero attached hydrogens (tertiary/aromatic N) is 2. The highest BCUT2D eigenvalue weighted by atomic mass is 16.5. The molecule has 0 bridgehead atoms. The second-order valence-electron chi connectivity index (χ2n) is 6.52. The van der Waals surface area contributed by atoms with Crippen molar-refractivity contribution in [3.05, 3.63) is 18.0 Å². The smallest absolute Gasteiger partial charge is 0.0521 e. The third-order valence-electron chi connectivity index (χ3n) is 4.20. The lowest BCUT2D eigenvalue weighted by Gasteiger charge is -2.37. The van der Waals surface area contributed by atoms with E-state index < -0.39 is 0 Å². The second-order valence-corrected chi connectivity index (χ2v) is 6.52. The Hall–Kier alpha value is -0.870. The Kier molecular flexibility index (Phi) is 5.61. The lowest BCUT2D eigenvalue weighted by molar-refractivity contribution is 0.0147. The summed E-state index contributed by atoms with van der Waals surface area (Å²) in [5.74, 6) is 0.703. The highest BCUT2D eigenvalue weighted by Gasteiger charge is 2.32. The Morgan fingerprint density at radius 1 is 1.40 bits per heavy atom. The minimum atomic E-state index is 0.342. The van der Waals surface area contributed by atoms with Crippen molar-refractivity contribution in [3.8, 4) is 0 Å². The molecule has 1 N–H and O–H groups in total. The number of nitrogens with one attached hydrogen (secondary N) is 1. The fourth-order valence-electron chi connectivity index (χ4n) is 2.95. The van der Waals surface area contributed by atoms with Crippen LogP contribution in [0.3, 0.4) is 0 Å². The predicted octanol–water partition coefficient (Wildman–Crippen LogP) is 2.49. The van der Waals surface area contributed by atoms with Gasteiger partial charge in [-0.3, -0.25) is 4.68 Å². The molecule has 2 rings (SSSR count). The maximum absolute atomic E-state index is 5.57. The van der Waals surface area contributed by atoms with Gasteiger partial charge in [0.05, 0.1) is 6.20 Å². The molecule has 20 heavy (non-hydrogen) atoms. The van der Waals surface area contributed by atoms with E-state index in [0.29, 0.717) is 11.3 Å². The first kappa shape index (κ1) is 15.5. The van der Waals surface area contributed by atoms with E-state index in [4.69, 9.17) is 4.74 Å². The molecule has 1 aliphatic rings. The van der Waals surface area contributed by atoms with Crippen molar-refractivity contribution in [2.24, 2.45) is 11.3 Å². The largest absolute Gasteiger partial charge is 0.381 e. The van der Waals surface area contributed by atoms with Gasteiger partial charge in [-0.15, -0.1) is 0 Å². The van der Waals surface area contributed by atoms with Crippen molar-refractivity contribution >= 4 is 0 Å². The summed E-state index contributed by atoms with van der Waals surface area (Å²) >= 11 is 0. The molecule has 0 saturated carbocycles. The molecule has 4 nitrogen and oxygen atoms in total. The van der Waals surface area contributed by atoms with Crippen LogP contribution < -0.4 is 5.32 Å². The zero-order valence-electron chi connectivity index (χ0n) is 13.2. The number of hydrogen-bond donors (Lipinski definition) is 1. The van der Waals surface area contributed by atoms with Crippen LogP contribution in [0.1, 0.15) is 39.2 Å². The summed E-state index contributed by atoms with van der Waals surface area (Å²) in [4.78, 5) is 0. The summed E-state index contributed by atoms with van der Waals surface area (Å²) in [5, 5.41) is 8.06. The van der Waals surface area contributed by atoms with Crippen LogP contribution in [0, 0.1) is 11.3 Å². The minimum absolute atomic E-state index is 0.342. The molecule has 1 aliphatic heterocycles. The van der Waals surface area contributed by atoms with Gasteiger partial charge < -0.3 is 10.1 Å². The van der Waals surface area contributed by atoms with Crippen LogP contribution in [0.2, 0.25) is 0 Å². The minimum Gasteiger partial charge on any atom is -0.381 e. The van der Waals surface area contributed by atoms with Gasteiger partial charge in [-0.2, -0.15) is 5.10 Å². The van der Waals surface area contributed by atoms with E-state index >= 15 is 0 Å². The number of hydrogen-bond acceptors (Lipinski definition) is 3. The topological polar surface area (TPSA) is 39.1 Å². The SMILES string of the molecule is CCn1cc(CC2(CNCC(C)C)CCOCC2)cn1. The zero-order chi connectivity index (χ0) is 14.4. The summed E-state index contributed by atoms with van der Waals surface area (Å²) in [6.07, 6.45) is 7.63. The molecule has 0 aromatic carbocycles. The van der Waals surface area contributed by atoms with Crippen LogP contribution in [0.5, 0.6) is 0 Å². The predicted molar refractivity (Wildman–Crippen MR) is 81.8 cm³/mol. The Morgan fingerprint density at radius 2 is 2.15 bits per heavy atom. The molecule has 0 unspecified atom stereocenters. The van der Waals surface area contributed by atoms with E-state index in [1.54, 1.807) is 0 Å². The van der Waals surface area contributed by atoms with E-state index in [2.05, 4.69) is 37.4 Å². The van der Waals surface area contributed by atoms with E-state index in [1.165, 1.54) is 5.56 Å².